The van der Waals surface area contributed by atoms with E-state index in [0.717, 1.165) is 41.3 Å². The molecule has 138 valence electrons. The average Bonchev–Trinajstić information content (AvgIpc) is 3.11. The molecule has 0 spiro atoms. The molecule has 1 N–H and O–H groups in total. The van der Waals surface area contributed by atoms with Crippen LogP contribution in [0, 0.1) is 31.1 Å². The van der Waals surface area contributed by atoms with Gasteiger partial charge in [0.15, 0.2) is 0 Å². The first-order valence-corrected chi connectivity index (χ1v) is 9.59. The third-order valence-corrected chi connectivity index (χ3v) is 4.86. The number of rotatable bonds is 7. The summed E-state index contributed by atoms with van der Waals surface area (Å²) in [7, 11) is 0. The van der Waals surface area contributed by atoms with Crippen molar-refractivity contribution in [3.05, 3.63) is 33.6 Å². The predicted octanol–water partition coefficient (Wildman–Crippen LogP) is 4.11. The van der Waals surface area contributed by atoms with Crippen molar-refractivity contribution in [3.8, 4) is 6.07 Å². The minimum absolute atomic E-state index is 0.0577. The Kier molecular flexibility index (Phi) is 6.70. The average molecular weight is 372 g/mol. The summed E-state index contributed by atoms with van der Waals surface area (Å²) in [4.78, 5) is 12.4. The van der Waals surface area contributed by atoms with E-state index in [-0.39, 0.29) is 5.57 Å². The lowest BCUT2D eigenvalue weighted by molar-refractivity contribution is -0.112. The van der Waals surface area contributed by atoms with Gasteiger partial charge in [0.1, 0.15) is 16.6 Å². The Morgan fingerprint density at radius 3 is 2.77 bits per heavy atom. The maximum atomic E-state index is 12.4. The number of hydrogen-bond donors (Lipinski definition) is 1. The van der Waals surface area contributed by atoms with Crippen LogP contribution in [0.25, 0.3) is 6.08 Å². The molecule has 0 fully saturated rings. The van der Waals surface area contributed by atoms with Crippen LogP contribution in [0.5, 0.6) is 0 Å². The molecule has 0 aromatic carbocycles. The number of nitrogens with one attached hydrogen (secondary N) is 1. The maximum Gasteiger partial charge on any atom is 0.268 e. The highest BCUT2D eigenvalue weighted by atomic mass is 32.1. The molecule has 2 rings (SSSR count). The van der Waals surface area contributed by atoms with Crippen LogP contribution in [0.4, 0.5) is 5.13 Å². The highest BCUT2D eigenvalue weighted by Gasteiger charge is 2.15. The number of carbonyl (C=O) groups excluding carboxylic acids is 1. The van der Waals surface area contributed by atoms with Crippen molar-refractivity contribution >= 4 is 28.5 Å². The van der Waals surface area contributed by atoms with Crippen molar-refractivity contribution in [2.24, 2.45) is 5.92 Å². The van der Waals surface area contributed by atoms with Crippen molar-refractivity contribution in [2.75, 3.05) is 5.32 Å². The van der Waals surface area contributed by atoms with Crippen molar-refractivity contribution in [2.45, 2.75) is 54.0 Å². The Hall–Kier alpha value is -2.46. The Labute approximate surface area is 158 Å². The fourth-order valence-corrected chi connectivity index (χ4v) is 3.69. The molecule has 2 aromatic heterocycles. The van der Waals surface area contributed by atoms with Gasteiger partial charge in [-0.05, 0) is 43.9 Å². The standard InChI is InChI=1S/C19H25N5OS/c1-6-7-24-13(4)9-15(14(24)5)10-16(11-20)18(25)21-19-23-22-17(26-19)8-12(2)3/h9-10,12H,6-8H2,1-5H3,(H,21,23,25)/b16-10+. The topological polar surface area (TPSA) is 83.6 Å². The molecule has 1 amide bonds. The second-order valence-corrected chi connectivity index (χ2v) is 7.76. The first-order chi connectivity index (χ1) is 12.3. The number of nitrogens with zero attached hydrogens (tertiary/aromatic N) is 4. The number of aromatic nitrogens is 3. The normalized spacial score (nSPS) is 11.7. The molecule has 7 heteroatoms. The van der Waals surface area contributed by atoms with E-state index in [0.29, 0.717) is 11.0 Å². The zero-order valence-electron chi connectivity index (χ0n) is 16.0. The van der Waals surface area contributed by atoms with Crippen molar-refractivity contribution < 1.29 is 4.79 Å². The fourth-order valence-electron chi connectivity index (χ4n) is 2.75. The first-order valence-electron chi connectivity index (χ1n) is 8.77. The lowest BCUT2D eigenvalue weighted by Crippen LogP contribution is -2.13. The van der Waals surface area contributed by atoms with E-state index < -0.39 is 5.91 Å². The molecule has 0 aliphatic rings. The van der Waals surface area contributed by atoms with Gasteiger partial charge in [-0.3, -0.25) is 10.1 Å². The van der Waals surface area contributed by atoms with Gasteiger partial charge in [0.2, 0.25) is 5.13 Å². The van der Waals surface area contributed by atoms with Crippen LogP contribution in [0.1, 0.15) is 49.2 Å². The van der Waals surface area contributed by atoms with Gasteiger partial charge >= 0.3 is 0 Å². The molecular formula is C19H25N5OS. The minimum Gasteiger partial charge on any atom is -0.349 e. The highest BCUT2D eigenvalue weighted by molar-refractivity contribution is 7.15. The number of anilines is 1. The van der Waals surface area contributed by atoms with Gasteiger partial charge in [0, 0.05) is 24.4 Å². The molecule has 6 nitrogen and oxygen atoms in total. The van der Waals surface area contributed by atoms with Gasteiger partial charge in [-0.25, -0.2) is 0 Å². The highest BCUT2D eigenvalue weighted by Crippen LogP contribution is 2.21. The molecule has 2 heterocycles. The molecular weight excluding hydrogens is 346 g/mol. The van der Waals surface area contributed by atoms with Gasteiger partial charge in [-0.15, -0.1) is 10.2 Å². The summed E-state index contributed by atoms with van der Waals surface area (Å²) in [5.74, 6) is 0.0134. The van der Waals surface area contributed by atoms with Crippen LogP contribution in [0.15, 0.2) is 11.6 Å². The van der Waals surface area contributed by atoms with E-state index in [1.54, 1.807) is 6.08 Å². The van der Waals surface area contributed by atoms with Crippen molar-refractivity contribution in [1.82, 2.24) is 14.8 Å². The van der Waals surface area contributed by atoms with Crippen molar-refractivity contribution in [3.63, 3.8) is 0 Å². The second kappa shape index (κ2) is 8.77. The minimum atomic E-state index is -0.458. The maximum absolute atomic E-state index is 12.4. The van der Waals surface area contributed by atoms with E-state index in [1.165, 1.54) is 11.3 Å². The number of amides is 1. The number of hydrogen-bond acceptors (Lipinski definition) is 5. The number of aryl methyl sites for hydroxylation is 1. The van der Waals surface area contributed by atoms with Crippen LogP contribution >= 0.6 is 11.3 Å². The summed E-state index contributed by atoms with van der Waals surface area (Å²) in [5, 5.41) is 21.5. The molecule has 2 aromatic rings. The van der Waals surface area contributed by atoms with E-state index in [2.05, 4.69) is 40.9 Å². The summed E-state index contributed by atoms with van der Waals surface area (Å²) < 4.78 is 2.20. The summed E-state index contributed by atoms with van der Waals surface area (Å²) >= 11 is 1.35. The Morgan fingerprint density at radius 2 is 2.15 bits per heavy atom. The molecule has 0 radical (unpaired) electrons. The van der Waals surface area contributed by atoms with E-state index in [4.69, 9.17) is 0 Å². The summed E-state index contributed by atoms with van der Waals surface area (Å²) in [6.07, 6.45) is 3.48. The third-order valence-electron chi connectivity index (χ3n) is 4.00. The van der Waals surface area contributed by atoms with Gasteiger partial charge < -0.3 is 4.57 Å². The second-order valence-electron chi connectivity index (χ2n) is 6.70. The van der Waals surface area contributed by atoms with Crippen LogP contribution < -0.4 is 5.32 Å². The quantitative estimate of drug-likeness (QED) is 0.586. The lowest BCUT2D eigenvalue weighted by atomic mass is 10.1. The van der Waals surface area contributed by atoms with E-state index >= 15 is 0 Å². The van der Waals surface area contributed by atoms with E-state index in [1.807, 2.05) is 26.0 Å². The molecule has 0 atom stereocenters. The first kappa shape index (κ1) is 19.9. The Balaban J connectivity index is 2.19. The number of carbonyl (C=O) groups is 1. The SMILES string of the molecule is CCCn1c(C)cc(/C=C(\C#N)C(=O)Nc2nnc(CC(C)C)s2)c1C. The van der Waals surface area contributed by atoms with Gasteiger partial charge in [0.25, 0.3) is 5.91 Å². The number of nitriles is 1. The molecule has 0 unspecified atom stereocenters. The van der Waals surface area contributed by atoms with Crippen LogP contribution in [0.2, 0.25) is 0 Å². The monoisotopic (exact) mass is 371 g/mol. The summed E-state index contributed by atoms with van der Waals surface area (Å²) in [6.45, 7) is 11.3. The van der Waals surface area contributed by atoms with Crippen molar-refractivity contribution in [1.29, 1.82) is 5.26 Å². The summed E-state index contributed by atoms with van der Waals surface area (Å²) in [5.41, 5.74) is 3.12. The predicted molar refractivity (Wildman–Crippen MR) is 105 cm³/mol. The Bertz CT molecular complexity index is 854. The molecule has 0 saturated heterocycles. The van der Waals surface area contributed by atoms with Gasteiger partial charge in [-0.1, -0.05) is 32.1 Å². The Morgan fingerprint density at radius 1 is 1.42 bits per heavy atom. The van der Waals surface area contributed by atoms with Crippen LogP contribution in [-0.4, -0.2) is 20.7 Å². The summed E-state index contributed by atoms with van der Waals surface area (Å²) in [6, 6.07) is 4.00. The lowest BCUT2D eigenvalue weighted by Gasteiger charge is -2.07. The molecule has 0 saturated carbocycles. The fraction of sp³-hybridized carbons (Fsp3) is 0.474. The van der Waals surface area contributed by atoms with Crippen LogP contribution in [-0.2, 0) is 17.8 Å². The zero-order valence-corrected chi connectivity index (χ0v) is 16.8. The van der Waals surface area contributed by atoms with Gasteiger partial charge in [0.05, 0.1) is 0 Å². The van der Waals surface area contributed by atoms with Gasteiger partial charge in [-0.2, -0.15) is 5.26 Å². The van der Waals surface area contributed by atoms with E-state index in [9.17, 15) is 10.1 Å². The molecule has 0 aliphatic carbocycles. The largest absolute Gasteiger partial charge is 0.349 e. The molecule has 26 heavy (non-hydrogen) atoms. The molecule has 0 aliphatic heterocycles. The van der Waals surface area contributed by atoms with Crippen LogP contribution in [0.3, 0.4) is 0 Å². The molecule has 0 bridgehead atoms. The third kappa shape index (κ3) is 4.79. The zero-order chi connectivity index (χ0) is 19.3. The smallest absolute Gasteiger partial charge is 0.268 e.